The first-order chi connectivity index (χ1) is 55.1. The molecule has 0 spiro atoms. The van der Waals surface area contributed by atoms with Crippen molar-refractivity contribution in [3.63, 3.8) is 0 Å². The van der Waals surface area contributed by atoms with Crippen molar-refractivity contribution in [2.45, 2.75) is 103 Å². The van der Waals surface area contributed by atoms with E-state index in [-0.39, 0.29) is 147 Å². The Balaban J connectivity index is 0.641. The van der Waals surface area contributed by atoms with Crippen molar-refractivity contribution in [3.05, 3.63) is 228 Å². The molecule has 113 heavy (non-hydrogen) atoms. The van der Waals surface area contributed by atoms with Crippen LogP contribution < -0.4 is 29.6 Å². The van der Waals surface area contributed by atoms with E-state index in [1.54, 1.807) is 22.2 Å². The van der Waals surface area contributed by atoms with E-state index < -0.39 is 60.7 Å². The number of pyridine rings is 2. The molecule has 6 amide bonds. The second kappa shape index (κ2) is 37.1. The van der Waals surface area contributed by atoms with Crippen LogP contribution in [0.1, 0.15) is 101 Å². The molecule has 24 nitrogen and oxygen atoms in total. The summed E-state index contributed by atoms with van der Waals surface area (Å²) >= 11 is 0. The van der Waals surface area contributed by atoms with E-state index in [9.17, 15) is 19.2 Å². The highest BCUT2D eigenvalue weighted by atomic mass is 33.1. The van der Waals surface area contributed by atoms with E-state index in [2.05, 4.69) is 82.3 Å². The fourth-order valence-electron chi connectivity index (χ4n) is 15.0. The lowest BCUT2D eigenvalue weighted by molar-refractivity contribution is -0.0211. The number of anilines is 2. The van der Waals surface area contributed by atoms with Gasteiger partial charge in [-0.15, -0.1) is 0 Å². The van der Waals surface area contributed by atoms with E-state index in [1.165, 1.54) is 91.5 Å². The first-order valence-corrected chi connectivity index (χ1v) is 42.0. The number of methoxy groups -OCH3 is 2. The molecule has 0 radical (unpaired) electrons. The average Bonchev–Trinajstić information content (AvgIpc) is 1.67. The largest absolute Gasteiger partial charge is 0.493 e. The van der Waals surface area contributed by atoms with Crippen LogP contribution in [0.25, 0.3) is 22.3 Å². The summed E-state index contributed by atoms with van der Waals surface area (Å²) in [4.78, 5) is 102. The molecule has 0 saturated carbocycles. The van der Waals surface area contributed by atoms with Gasteiger partial charge >= 0.3 is 24.4 Å². The van der Waals surface area contributed by atoms with Crippen LogP contribution >= 0.6 is 43.2 Å². The molecule has 6 heterocycles. The second-order valence-electron chi connectivity index (χ2n) is 28.0. The number of nitrogens with one attached hydrogen (secondary N) is 2. The Hall–Kier alpha value is -10.4. The number of carbonyl (C=O) groups excluding carboxylic acids is 6. The molecule has 2 N–H and O–H groups in total. The first-order valence-electron chi connectivity index (χ1n) is 37.6. The first kappa shape index (κ1) is 79.3. The lowest BCUT2D eigenvalue weighted by atomic mass is 9.98. The standard InChI is InChI=1S/C85H88N8O16S4/c1-52-40-70(80-90(34-38-104-80)84(98)108-50-66-60-26-12-8-22-56(60)57-23-9-13-27-61(57)66)92(46-52)78(94)64-42-72(100-5)74(44-68(64)88-82(96)106-48-54(3)110-112-76-30-16-18-32-86-76)102-36-20-7-21-37-103-75-45-69(89-83(97)107-49-55(4)111-113-77-31-17-19-33-87-77)65(43-73(75)101-6)79(95)93-47-53(2)41-71(93)81-91(35-39-105-81)85(99)109-51-67-62-28-14-10-24-58(62)59-25-11-15-29-63(59)67/h8-19,22-33,42-45,54-55,66-67,70-71,80-81H,1-2,7,20-21,34-41,46-51H2,3-6H3,(H,88,96)(H,89,97)/t54?,55?,70-,71-,80?,81?/m0/s1. The lowest BCUT2D eigenvalue weighted by Gasteiger charge is -2.33. The molecular formula is C85H88N8O16S4. The number of hydrogen-bond donors (Lipinski definition) is 2. The maximum Gasteiger partial charge on any atom is 0.412 e. The smallest absolute Gasteiger partial charge is 0.412 e. The lowest BCUT2D eigenvalue weighted by Crippen LogP contribution is -2.51. The zero-order chi connectivity index (χ0) is 78.5. The van der Waals surface area contributed by atoms with Gasteiger partial charge in [0.25, 0.3) is 11.8 Å². The molecule has 2 aromatic heterocycles. The minimum Gasteiger partial charge on any atom is -0.493 e. The van der Waals surface area contributed by atoms with Crippen molar-refractivity contribution >= 4 is 90.7 Å². The summed E-state index contributed by atoms with van der Waals surface area (Å²) in [7, 11) is 8.82. The van der Waals surface area contributed by atoms with Crippen LogP contribution in [0.5, 0.6) is 23.0 Å². The Morgan fingerprint density at radius 2 is 0.867 bits per heavy atom. The number of fused-ring (bicyclic) bond motifs is 6. The van der Waals surface area contributed by atoms with Crippen molar-refractivity contribution in [2.24, 2.45) is 0 Å². The maximum atomic E-state index is 15.3. The Labute approximate surface area is 672 Å². The van der Waals surface area contributed by atoms with E-state index in [0.717, 1.165) is 65.7 Å². The van der Waals surface area contributed by atoms with Gasteiger partial charge in [-0.1, -0.05) is 155 Å². The molecular weight excluding hydrogens is 1520 g/mol. The third-order valence-electron chi connectivity index (χ3n) is 20.4. The molecule has 4 unspecified atom stereocenters. The number of amides is 6. The zero-order valence-electron chi connectivity index (χ0n) is 63.1. The van der Waals surface area contributed by atoms with E-state index in [1.807, 2.05) is 98.8 Å². The SMILES string of the molecule is C=C1C[C@@H](C2OCCN2C(=O)OCC2c3ccccc3-c3ccccc32)N(C(=O)c2cc(OC)c(OCCCCCOc3cc(NC(=O)OCC(C)SSc4ccccn4)c(C(=O)N4CC(=C)C[C@H]4C4OCCN4C(=O)OCC4c5ccccc5-c5ccccc54)cc3OC)cc2NC(=O)OCC(C)SSc2ccccn2)C1. The highest BCUT2D eigenvalue weighted by Gasteiger charge is 2.48. The van der Waals surface area contributed by atoms with Gasteiger partial charge in [0.1, 0.15) is 36.5 Å². The van der Waals surface area contributed by atoms with Gasteiger partial charge in [-0.2, -0.15) is 0 Å². The molecule has 8 aromatic rings. The van der Waals surface area contributed by atoms with Crippen molar-refractivity contribution in [3.8, 4) is 45.3 Å². The number of hydrogen-bond acceptors (Lipinski definition) is 22. The predicted octanol–water partition coefficient (Wildman–Crippen LogP) is 16.6. The predicted molar refractivity (Wildman–Crippen MR) is 435 cm³/mol. The van der Waals surface area contributed by atoms with Crippen molar-refractivity contribution in [1.82, 2.24) is 29.6 Å². The number of unbranched alkanes of at least 4 members (excludes halogenated alkanes) is 2. The molecule has 4 fully saturated rings. The highest BCUT2D eigenvalue weighted by Crippen LogP contribution is 2.48. The summed E-state index contributed by atoms with van der Waals surface area (Å²) < 4.78 is 61.1. The maximum absolute atomic E-state index is 15.3. The Kier molecular flexibility index (Phi) is 26.0. The average molecular weight is 1610 g/mol. The van der Waals surface area contributed by atoms with Crippen LogP contribution in [-0.4, -0.2) is 194 Å². The molecule has 4 saturated heterocycles. The van der Waals surface area contributed by atoms with Crippen LogP contribution in [0.3, 0.4) is 0 Å². The van der Waals surface area contributed by atoms with Crippen LogP contribution in [-0.2, 0) is 28.4 Å². The molecule has 0 bridgehead atoms. The van der Waals surface area contributed by atoms with Gasteiger partial charge in [0, 0.05) is 60.0 Å². The molecule has 6 atom stereocenters. The Morgan fingerprint density at radius 3 is 1.24 bits per heavy atom. The Bertz CT molecular complexity index is 4430. The molecule has 28 heteroatoms. The van der Waals surface area contributed by atoms with Crippen molar-refractivity contribution in [2.75, 3.05) is 104 Å². The molecule has 14 rings (SSSR count). The molecule has 588 valence electrons. The fourth-order valence-corrected chi connectivity index (χ4v) is 18.8. The van der Waals surface area contributed by atoms with Crippen LogP contribution in [0.15, 0.2) is 204 Å². The van der Waals surface area contributed by atoms with Gasteiger partial charge in [0.15, 0.2) is 35.5 Å². The topological polar surface area (TPSA) is 258 Å². The summed E-state index contributed by atoms with van der Waals surface area (Å²) in [5.74, 6) is -0.433. The van der Waals surface area contributed by atoms with Crippen LogP contribution in [0.4, 0.5) is 30.6 Å². The van der Waals surface area contributed by atoms with E-state index in [4.69, 9.17) is 47.4 Å². The van der Waals surface area contributed by atoms with E-state index >= 15 is 9.59 Å². The number of nitrogens with zero attached hydrogens (tertiary/aromatic N) is 6. The van der Waals surface area contributed by atoms with Gasteiger partial charge in [-0.05, 0) is 148 Å². The number of benzene rings is 6. The monoisotopic (exact) mass is 1600 g/mol. The minimum absolute atomic E-state index is 0.0287. The number of likely N-dealkylation sites (tertiary alicyclic amines) is 2. The third-order valence-corrected chi connectivity index (χ3v) is 25.9. The minimum atomic E-state index is -0.876. The normalized spacial score (nSPS) is 18.1. The fraction of sp³-hybridized carbons (Fsp3) is 0.341. The summed E-state index contributed by atoms with van der Waals surface area (Å²) in [5.41, 5.74) is 10.5. The van der Waals surface area contributed by atoms with Crippen molar-refractivity contribution < 1.29 is 76.1 Å². The number of rotatable bonds is 30. The number of carbonyl (C=O) groups is 6. The number of ether oxygens (including phenoxy) is 10. The van der Waals surface area contributed by atoms with Crippen molar-refractivity contribution in [1.29, 1.82) is 0 Å². The van der Waals surface area contributed by atoms with Gasteiger partial charge in [0.2, 0.25) is 0 Å². The van der Waals surface area contributed by atoms with Gasteiger partial charge in [-0.25, -0.2) is 29.1 Å². The Morgan fingerprint density at radius 1 is 0.487 bits per heavy atom. The second-order valence-corrected chi connectivity index (χ2v) is 33.4. The van der Waals surface area contributed by atoms with E-state index in [0.29, 0.717) is 32.1 Å². The summed E-state index contributed by atoms with van der Waals surface area (Å²) in [6.45, 7) is 14.2. The number of aromatic nitrogens is 2. The quantitative estimate of drug-likeness (QED) is 0.0183. The van der Waals surface area contributed by atoms with Gasteiger partial charge < -0.3 is 57.2 Å². The molecule has 6 aliphatic rings. The summed E-state index contributed by atoms with van der Waals surface area (Å²) in [6, 6.07) is 48.5. The van der Waals surface area contributed by atoms with Crippen LogP contribution in [0.2, 0.25) is 0 Å². The molecule has 6 aromatic carbocycles. The molecule has 2 aliphatic carbocycles. The highest BCUT2D eigenvalue weighted by molar-refractivity contribution is 8.77. The summed E-state index contributed by atoms with van der Waals surface area (Å²) in [5, 5.41) is 6.98. The van der Waals surface area contributed by atoms with Crippen LogP contribution in [0, 0.1) is 0 Å². The third kappa shape index (κ3) is 18.5. The van der Waals surface area contributed by atoms with Gasteiger partial charge in [-0.3, -0.25) is 30.0 Å². The molecule has 4 aliphatic heterocycles. The summed E-state index contributed by atoms with van der Waals surface area (Å²) in [6.07, 6.45) is 1.17. The van der Waals surface area contributed by atoms with Gasteiger partial charge in [0.05, 0.1) is 88.3 Å². The zero-order valence-corrected chi connectivity index (χ0v) is 66.3.